The lowest BCUT2D eigenvalue weighted by atomic mass is 9.90. The highest BCUT2D eigenvalue weighted by Gasteiger charge is 2.42. The summed E-state index contributed by atoms with van der Waals surface area (Å²) in [5.74, 6) is 0.208. The van der Waals surface area contributed by atoms with Crippen LogP contribution in [0.3, 0.4) is 0 Å². The number of halogens is 1. The zero-order chi connectivity index (χ0) is 15.0. The Bertz CT molecular complexity index is 575. The largest absolute Gasteiger partial charge is 0.486 e. The molecular weight excluding hydrogens is 290 g/mol. The Morgan fingerprint density at radius 3 is 3.05 bits per heavy atom. The summed E-state index contributed by atoms with van der Waals surface area (Å²) in [6.07, 6.45) is 3.11. The van der Waals surface area contributed by atoms with Crippen molar-refractivity contribution in [3.63, 3.8) is 0 Å². The predicted octanol–water partition coefficient (Wildman–Crippen LogP) is 2.89. The van der Waals surface area contributed by atoms with Crippen LogP contribution in [0.25, 0.3) is 0 Å². The number of carboxylic acids is 1. The Hall–Kier alpha value is -1.26. The molecule has 1 saturated heterocycles. The van der Waals surface area contributed by atoms with E-state index in [2.05, 4.69) is 4.90 Å². The minimum Gasteiger partial charge on any atom is -0.486 e. The van der Waals surface area contributed by atoms with E-state index in [1.165, 1.54) is 5.56 Å². The maximum Gasteiger partial charge on any atom is 0.304 e. The van der Waals surface area contributed by atoms with Crippen molar-refractivity contribution in [3.05, 3.63) is 28.3 Å². The van der Waals surface area contributed by atoms with Gasteiger partial charge in [-0.1, -0.05) is 11.6 Å². The van der Waals surface area contributed by atoms with E-state index in [1.54, 1.807) is 0 Å². The van der Waals surface area contributed by atoms with E-state index < -0.39 is 5.97 Å². The molecule has 1 unspecified atom stereocenters. The highest BCUT2D eigenvalue weighted by atomic mass is 35.5. The normalized spacial score (nSPS) is 24.9. The Morgan fingerprint density at radius 1 is 1.48 bits per heavy atom. The number of benzene rings is 1. The molecule has 2 heterocycles. The molecule has 1 N–H and O–H groups in total. The number of hydrogen-bond acceptors (Lipinski definition) is 3. The molecule has 1 fully saturated rings. The van der Waals surface area contributed by atoms with Crippen LogP contribution in [0.5, 0.6) is 5.75 Å². The number of ether oxygens (including phenoxy) is 1. The summed E-state index contributed by atoms with van der Waals surface area (Å²) in [6.45, 7) is 4.32. The van der Waals surface area contributed by atoms with Crippen LogP contribution in [0.1, 0.15) is 30.4 Å². The molecule has 1 aromatic carbocycles. The number of nitrogens with zero attached hydrogens (tertiary/aromatic N) is 1. The molecule has 5 heteroatoms. The second-order valence-corrected chi connectivity index (χ2v) is 6.57. The van der Waals surface area contributed by atoms with Crippen molar-refractivity contribution < 1.29 is 14.6 Å². The van der Waals surface area contributed by atoms with Gasteiger partial charge >= 0.3 is 5.97 Å². The monoisotopic (exact) mass is 309 g/mol. The zero-order valence-corrected chi connectivity index (χ0v) is 12.9. The molecule has 0 aliphatic carbocycles. The molecule has 2 aliphatic rings. The first-order chi connectivity index (χ1) is 9.97. The minimum atomic E-state index is -0.740. The van der Waals surface area contributed by atoms with Gasteiger partial charge < -0.3 is 9.84 Å². The third-order valence-corrected chi connectivity index (χ3v) is 4.96. The molecule has 1 spiro atoms. The van der Waals surface area contributed by atoms with Crippen molar-refractivity contribution in [2.24, 2.45) is 0 Å². The summed E-state index contributed by atoms with van der Waals surface area (Å²) < 4.78 is 6.31. The van der Waals surface area contributed by atoms with Gasteiger partial charge in [-0.2, -0.15) is 0 Å². The van der Waals surface area contributed by atoms with Gasteiger partial charge in [0.2, 0.25) is 0 Å². The molecule has 0 radical (unpaired) electrons. The van der Waals surface area contributed by atoms with E-state index in [4.69, 9.17) is 21.4 Å². The molecule has 21 heavy (non-hydrogen) atoms. The molecule has 0 saturated carbocycles. The van der Waals surface area contributed by atoms with Gasteiger partial charge in [-0.15, -0.1) is 0 Å². The number of hydrogen-bond donors (Lipinski definition) is 1. The van der Waals surface area contributed by atoms with Gasteiger partial charge in [0.05, 0.1) is 6.42 Å². The lowest BCUT2D eigenvalue weighted by molar-refractivity contribution is -0.137. The highest BCUT2D eigenvalue weighted by Crippen LogP contribution is 2.40. The first-order valence-electron chi connectivity index (χ1n) is 7.40. The molecule has 4 nitrogen and oxygen atoms in total. The van der Waals surface area contributed by atoms with Crippen molar-refractivity contribution >= 4 is 17.6 Å². The fourth-order valence-corrected chi connectivity index (χ4v) is 3.48. The fraction of sp³-hybridized carbons (Fsp3) is 0.562. The minimum absolute atomic E-state index is 0.147. The van der Waals surface area contributed by atoms with E-state index in [0.717, 1.165) is 48.7 Å². The average molecular weight is 310 g/mol. The van der Waals surface area contributed by atoms with E-state index in [1.807, 2.05) is 19.1 Å². The number of aryl methyl sites for hydroxylation is 2. The fourth-order valence-electron chi connectivity index (χ4n) is 3.29. The predicted molar refractivity (Wildman–Crippen MR) is 81.2 cm³/mol. The molecule has 0 amide bonds. The number of aliphatic carboxylic acids is 1. The van der Waals surface area contributed by atoms with Crippen molar-refractivity contribution in [1.29, 1.82) is 0 Å². The summed E-state index contributed by atoms with van der Waals surface area (Å²) in [6, 6.07) is 4.04. The average Bonchev–Trinajstić information content (AvgIpc) is 2.82. The van der Waals surface area contributed by atoms with E-state index >= 15 is 0 Å². The molecule has 1 aromatic rings. The quantitative estimate of drug-likeness (QED) is 0.933. The SMILES string of the molecule is Cc1cc2c(cc1Cl)CCC1(CCN(CCC(=O)O)C1)O2. The standard InChI is InChI=1S/C16H20ClNO3/c1-11-8-14-12(9-13(11)17)2-4-16(21-14)5-7-18(10-16)6-3-15(19)20/h8-9H,2-7,10H2,1H3,(H,19,20). The Balaban J connectivity index is 1.71. The molecule has 0 aromatic heterocycles. The molecule has 1 atom stereocenters. The van der Waals surface area contributed by atoms with Crippen LogP contribution in [-0.4, -0.2) is 41.2 Å². The molecular formula is C16H20ClNO3. The summed E-state index contributed by atoms with van der Waals surface area (Å²) in [4.78, 5) is 12.9. The van der Waals surface area contributed by atoms with E-state index in [9.17, 15) is 4.79 Å². The lowest BCUT2D eigenvalue weighted by Gasteiger charge is -2.36. The number of fused-ring (bicyclic) bond motifs is 1. The Morgan fingerprint density at radius 2 is 2.29 bits per heavy atom. The summed E-state index contributed by atoms with van der Waals surface area (Å²) in [5, 5.41) is 9.59. The highest BCUT2D eigenvalue weighted by molar-refractivity contribution is 6.31. The third-order valence-electron chi connectivity index (χ3n) is 4.56. The van der Waals surface area contributed by atoms with Crippen molar-refractivity contribution in [3.8, 4) is 5.75 Å². The van der Waals surface area contributed by atoms with Crippen LogP contribution >= 0.6 is 11.6 Å². The number of rotatable bonds is 3. The van der Waals surface area contributed by atoms with Crippen LogP contribution in [0, 0.1) is 6.92 Å². The molecule has 0 bridgehead atoms. The van der Waals surface area contributed by atoms with Crippen LogP contribution < -0.4 is 4.74 Å². The third kappa shape index (κ3) is 3.01. The Labute approximate surface area is 129 Å². The molecule has 3 rings (SSSR count). The van der Waals surface area contributed by atoms with Crippen molar-refractivity contribution in [2.75, 3.05) is 19.6 Å². The van der Waals surface area contributed by atoms with Gasteiger partial charge in [-0.05, 0) is 43.0 Å². The summed E-state index contributed by atoms with van der Waals surface area (Å²) in [7, 11) is 0. The van der Waals surface area contributed by atoms with Gasteiger partial charge in [0.15, 0.2) is 0 Å². The second kappa shape index (κ2) is 5.50. The summed E-state index contributed by atoms with van der Waals surface area (Å²) in [5.41, 5.74) is 2.07. The van der Waals surface area contributed by atoms with Gasteiger partial charge in [-0.25, -0.2) is 0 Å². The van der Waals surface area contributed by atoms with Crippen LogP contribution in [-0.2, 0) is 11.2 Å². The van der Waals surface area contributed by atoms with E-state index in [0.29, 0.717) is 6.54 Å². The second-order valence-electron chi connectivity index (χ2n) is 6.16. The van der Waals surface area contributed by atoms with Crippen LogP contribution in [0.4, 0.5) is 0 Å². The molecule has 2 aliphatic heterocycles. The first kappa shape index (κ1) is 14.7. The maximum absolute atomic E-state index is 10.7. The number of carbonyl (C=O) groups is 1. The Kier molecular flexibility index (Phi) is 3.84. The number of carboxylic acid groups (broad SMARTS) is 1. The van der Waals surface area contributed by atoms with Crippen molar-refractivity contribution in [1.82, 2.24) is 4.90 Å². The topological polar surface area (TPSA) is 49.8 Å². The van der Waals surface area contributed by atoms with Gasteiger partial charge in [0.25, 0.3) is 0 Å². The van der Waals surface area contributed by atoms with Crippen LogP contribution in [0.2, 0.25) is 5.02 Å². The van der Waals surface area contributed by atoms with Gasteiger partial charge in [0, 0.05) is 31.1 Å². The van der Waals surface area contributed by atoms with Gasteiger partial charge in [0.1, 0.15) is 11.4 Å². The smallest absolute Gasteiger partial charge is 0.304 e. The van der Waals surface area contributed by atoms with E-state index in [-0.39, 0.29) is 12.0 Å². The first-order valence-corrected chi connectivity index (χ1v) is 7.77. The summed E-state index contributed by atoms with van der Waals surface area (Å²) >= 11 is 6.17. The number of likely N-dealkylation sites (tertiary alicyclic amines) is 1. The van der Waals surface area contributed by atoms with Gasteiger partial charge in [-0.3, -0.25) is 9.69 Å². The van der Waals surface area contributed by atoms with Crippen molar-refractivity contribution in [2.45, 2.75) is 38.2 Å². The lowest BCUT2D eigenvalue weighted by Crippen LogP contribution is -2.42. The molecule has 114 valence electrons. The van der Waals surface area contributed by atoms with Crippen LogP contribution in [0.15, 0.2) is 12.1 Å². The maximum atomic E-state index is 10.7. The zero-order valence-electron chi connectivity index (χ0n) is 12.2.